The normalized spacial score (nSPS) is 29.4. The van der Waals surface area contributed by atoms with Gasteiger partial charge in [0.05, 0.1) is 11.3 Å². The molecule has 3 nitrogen and oxygen atoms in total. The summed E-state index contributed by atoms with van der Waals surface area (Å²) < 4.78 is 0. The van der Waals surface area contributed by atoms with Gasteiger partial charge in [0.25, 0.3) is 0 Å². The molecule has 2 aliphatic rings. The molecule has 0 radical (unpaired) electrons. The molecule has 1 aliphatic heterocycles. The van der Waals surface area contributed by atoms with Crippen molar-refractivity contribution >= 4 is 17.5 Å². The van der Waals surface area contributed by atoms with Crippen molar-refractivity contribution in [2.45, 2.75) is 18.8 Å². The van der Waals surface area contributed by atoms with Crippen LogP contribution in [0.15, 0.2) is 47.1 Å². The van der Waals surface area contributed by atoms with Crippen molar-refractivity contribution < 1.29 is 15.0 Å². The van der Waals surface area contributed by atoms with Crippen LogP contribution in [-0.2, 0) is 10.2 Å². The number of benzene rings is 1. The number of fused-ring (bicyclic) bond motifs is 1. The van der Waals surface area contributed by atoms with E-state index in [9.17, 15) is 15.0 Å². The largest absolute Gasteiger partial charge is 0.508 e. The molecule has 0 bridgehead atoms. The molecular formula is C16H16O3S. The number of aliphatic hydroxyl groups excluding tert-OH is 1. The second-order valence-electron chi connectivity index (χ2n) is 5.50. The van der Waals surface area contributed by atoms with E-state index in [1.165, 1.54) is 0 Å². The molecule has 104 valence electrons. The summed E-state index contributed by atoms with van der Waals surface area (Å²) in [5, 5.41) is 18.9. The number of thioether (sulfide) groups is 1. The Labute approximate surface area is 122 Å². The number of allylic oxidation sites excluding steroid dienone is 3. The van der Waals surface area contributed by atoms with E-state index in [1.807, 2.05) is 19.1 Å². The van der Waals surface area contributed by atoms with Gasteiger partial charge in [0.2, 0.25) is 0 Å². The summed E-state index contributed by atoms with van der Waals surface area (Å²) in [6.07, 6.45) is 3.97. The molecule has 0 saturated carbocycles. The van der Waals surface area contributed by atoms with Crippen LogP contribution >= 0.6 is 11.8 Å². The summed E-state index contributed by atoms with van der Waals surface area (Å²) in [5.41, 5.74) is 0.395. The number of aromatic hydroxyl groups is 1. The first-order chi connectivity index (χ1) is 9.50. The van der Waals surface area contributed by atoms with E-state index in [0.29, 0.717) is 12.2 Å². The lowest BCUT2D eigenvalue weighted by Crippen LogP contribution is -2.43. The molecule has 2 atom stereocenters. The predicted octanol–water partition coefficient (Wildman–Crippen LogP) is 3.31. The molecule has 1 aliphatic carbocycles. The SMILES string of the molecule is CC1(c2ccc(O)cc2)CSC2=CC(O)=CCC2C1=O. The molecule has 1 saturated heterocycles. The van der Waals surface area contributed by atoms with Gasteiger partial charge in [0.15, 0.2) is 5.78 Å². The van der Waals surface area contributed by atoms with Crippen LogP contribution in [-0.4, -0.2) is 21.7 Å². The molecular weight excluding hydrogens is 272 g/mol. The molecule has 2 unspecified atom stereocenters. The fourth-order valence-corrected chi connectivity index (χ4v) is 4.15. The van der Waals surface area contributed by atoms with Gasteiger partial charge in [-0.1, -0.05) is 12.1 Å². The molecule has 1 aromatic carbocycles. The van der Waals surface area contributed by atoms with E-state index < -0.39 is 5.41 Å². The van der Waals surface area contributed by atoms with Gasteiger partial charge in [0, 0.05) is 5.75 Å². The highest BCUT2D eigenvalue weighted by Gasteiger charge is 2.45. The zero-order valence-electron chi connectivity index (χ0n) is 11.2. The number of carbonyl (C=O) groups is 1. The lowest BCUT2D eigenvalue weighted by molar-refractivity contribution is -0.126. The predicted molar refractivity (Wildman–Crippen MR) is 79.8 cm³/mol. The summed E-state index contributed by atoms with van der Waals surface area (Å²) in [6, 6.07) is 6.88. The van der Waals surface area contributed by atoms with Crippen LogP contribution in [0.2, 0.25) is 0 Å². The molecule has 1 fully saturated rings. The number of phenols is 1. The van der Waals surface area contributed by atoms with E-state index in [0.717, 1.165) is 10.5 Å². The highest BCUT2D eigenvalue weighted by atomic mass is 32.2. The topological polar surface area (TPSA) is 57.5 Å². The fourth-order valence-electron chi connectivity index (χ4n) is 2.78. The number of rotatable bonds is 1. The number of hydrogen-bond acceptors (Lipinski definition) is 4. The molecule has 3 rings (SSSR count). The Morgan fingerprint density at radius 3 is 2.65 bits per heavy atom. The summed E-state index contributed by atoms with van der Waals surface area (Å²) in [7, 11) is 0. The lowest BCUT2D eigenvalue weighted by atomic mass is 9.73. The summed E-state index contributed by atoms with van der Waals surface area (Å²) in [5.74, 6) is 1.16. The minimum Gasteiger partial charge on any atom is -0.508 e. The number of aliphatic hydroxyl groups is 1. The minimum absolute atomic E-state index is 0.150. The van der Waals surface area contributed by atoms with Gasteiger partial charge in [-0.25, -0.2) is 0 Å². The van der Waals surface area contributed by atoms with Crippen molar-refractivity contribution in [3.05, 3.63) is 52.6 Å². The molecule has 4 heteroatoms. The van der Waals surface area contributed by atoms with Crippen molar-refractivity contribution in [3.63, 3.8) is 0 Å². The third-order valence-corrected chi connectivity index (χ3v) is 5.55. The minimum atomic E-state index is -0.541. The Morgan fingerprint density at radius 2 is 1.95 bits per heavy atom. The molecule has 20 heavy (non-hydrogen) atoms. The van der Waals surface area contributed by atoms with Gasteiger partial charge in [-0.2, -0.15) is 0 Å². The first-order valence-electron chi connectivity index (χ1n) is 6.58. The quantitative estimate of drug-likeness (QED) is 0.832. The second kappa shape index (κ2) is 4.70. The van der Waals surface area contributed by atoms with Gasteiger partial charge in [-0.15, -0.1) is 11.8 Å². The average molecular weight is 288 g/mol. The van der Waals surface area contributed by atoms with E-state index >= 15 is 0 Å². The Bertz CT molecular complexity index is 615. The van der Waals surface area contributed by atoms with Gasteiger partial charge >= 0.3 is 0 Å². The van der Waals surface area contributed by atoms with Crippen molar-refractivity contribution in [2.75, 3.05) is 5.75 Å². The van der Waals surface area contributed by atoms with Gasteiger partial charge in [-0.3, -0.25) is 4.79 Å². The Balaban J connectivity index is 1.95. The van der Waals surface area contributed by atoms with Crippen LogP contribution in [0.5, 0.6) is 5.75 Å². The van der Waals surface area contributed by atoms with E-state index in [2.05, 4.69) is 0 Å². The van der Waals surface area contributed by atoms with Crippen LogP contribution < -0.4 is 0 Å². The first kappa shape index (κ1) is 13.3. The Morgan fingerprint density at radius 1 is 1.25 bits per heavy atom. The number of hydrogen-bond donors (Lipinski definition) is 2. The van der Waals surface area contributed by atoms with E-state index in [-0.39, 0.29) is 23.2 Å². The Kier molecular flexibility index (Phi) is 3.13. The van der Waals surface area contributed by atoms with Crippen molar-refractivity contribution in [2.24, 2.45) is 5.92 Å². The highest BCUT2D eigenvalue weighted by Crippen LogP contribution is 2.46. The van der Waals surface area contributed by atoms with Crippen LogP contribution in [0, 0.1) is 5.92 Å². The van der Waals surface area contributed by atoms with Gasteiger partial charge in [-0.05, 0) is 48.1 Å². The van der Waals surface area contributed by atoms with Crippen LogP contribution in [0.25, 0.3) is 0 Å². The Hall–Kier alpha value is -1.68. The van der Waals surface area contributed by atoms with Crippen LogP contribution in [0.4, 0.5) is 0 Å². The summed E-state index contributed by atoms with van der Waals surface area (Å²) >= 11 is 1.64. The maximum absolute atomic E-state index is 12.8. The van der Waals surface area contributed by atoms with E-state index in [1.54, 1.807) is 36.0 Å². The third-order valence-electron chi connectivity index (χ3n) is 4.09. The number of Topliss-reactive ketones (excluding diaryl/α,β-unsaturated/α-hetero) is 1. The summed E-state index contributed by atoms with van der Waals surface area (Å²) in [4.78, 5) is 13.8. The maximum Gasteiger partial charge on any atom is 0.152 e. The maximum atomic E-state index is 12.8. The lowest BCUT2D eigenvalue weighted by Gasteiger charge is -2.38. The zero-order chi connectivity index (χ0) is 14.3. The molecule has 2 N–H and O–H groups in total. The standard InChI is InChI=1S/C16H16O3S/c1-16(10-2-4-11(17)5-3-10)9-20-14-8-12(18)6-7-13(14)15(16)19/h2-6,8,13,17-18H,7,9H2,1H3. The summed E-state index contributed by atoms with van der Waals surface area (Å²) in [6.45, 7) is 1.96. The second-order valence-corrected chi connectivity index (χ2v) is 6.54. The molecule has 1 aromatic rings. The third kappa shape index (κ3) is 2.04. The fraction of sp³-hybridized carbons (Fsp3) is 0.312. The molecule has 1 heterocycles. The zero-order valence-corrected chi connectivity index (χ0v) is 12.0. The number of ketones is 1. The number of carbonyl (C=O) groups excluding carboxylic acids is 1. The highest BCUT2D eigenvalue weighted by molar-refractivity contribution is 8.03. The van der Waals surface area contributed by atoms with Gasteiger partial charge in [0.1, 0.15) is 11.5 Å². The van der Waals surface area contributed by atoms with E-state index in [4.69, 9.17) is 0 Å². The van der Waals surface area contributed by atoms with Crippen molar-refractivity contribution in [3.8, 4) is 5.75 Å². The van der Waals surface area contributed by atoms with Crippen LogP contribution in [0.1, 0.15) is 18.9 Å². The van der Waals surface area contributed by atoms with Crippen LogP contribution in [0.3, 0.4) is 0 Å². The molecule has 0 aromatic heterocycles. The van der Waals surface area contributed by atoms with Crippen molar-refractivity contribution in [1.82, 2.24) is 0 Å². The molecule has 0 amide bonds. The monoisotopic (exact) mass is 288 g/mol. The first-order valence-corrected chi connectivity index (χ1v) is 7.56. The number of phenolic OH excluding ortho intramolecular Hbond substituents is 1. The van der Waals surface area contributed by atoms with Crippen molar-refractivity contribution in [1.29, 1.82) is 0 Å². The smallest absolute Gasteiger partial charge is 0.152 e. The average Bonchev–Trinajstić information content (AvgIpc) is 2.44. The van der Waals surface area contributed by atoms with Gasteiger partial charge < -0.3 is 10.2 Å². The molecule has 0 spiro atoms.